The number of carbonyl (C=O) groups is 1. The summed E-state index contributed by atoms with van der Waals surface area (Å²) >= 11 is 1.69. The van der Waals surface area contributed by atoms with Crippen molar-refractivity contribution in [2.45, 2.75) is 44.4 Å². The van der Waals surface area contributed by atoms with E-state index in [0.717, 1.165) is 12.2 Å². The Morgan fingerprint density at radius 3 is 2.35 bits per heavy atom. The van der Waals surface area contributed by atoms with Gasteiger partial charge in [-0.3, -0.25) is 0 Å². The van der Waals surface area contributed by atoms with Gasteiger partial charge in [0.2, 0.25) is 0 Å². The van der Waals surface area contributed by atoms with E-state index in [1.165, 1.54) is 43.5 Å². The normalized spacial score (nSPS) is 11.4. The number of carbonyl (C=O) groups excluding carboxylic acids is 1. The number of benzene rings is 1. The van der Waals surface area contributed by atoms with Crippen molar-refractivity contribution in [1.82, 2.24) is 0 Å². The lowest BCUT2D eigenvalue weighted by Crippen LogP contribution is -2.10. The monoisotopic (exact) mass is 358 g/mol. The maximum atomic E-state index is 12.2. The van der Waals surface area contributed by atoms with Crippen molar-refractivity contribution in [3.63, 3.8) is 0 Å². The van der Waals surface area contributed by atoms with Crippen LogP contribution in [0.2, 0.25) is 0 Å². The van der Waals surface area contributed by atoms with E-state index in [4.69, 9.17) is 4.74 Å². The van der Waals surface area contributed by atoms with Gasteiger partial charge >= 0.3 is 5.97 Å². The molecular weight excluding hydrogens is 332 g/mol. The van der Waals surface area contributed by atoms with Gasteiger partial charge in [0.05, 0.1) is 22.8 Å². The van der Waals surface area contributed by atoms with Crippen molar-refractivity contribution < 1.29 is 17.9 Å². The molecule has 0 spiro atoms. The van der Waals surface area contributed by atoms with E-state index in [9.17, 15) is 13.2 Å². The summed E-state index contributed by atoms with van der Waals surface area (Å²) in [7, 11) is -3.29. The summed E-state index contributed by atoms with van der Waals surface area (Å²) in [5, 5.41) is 0. The first-order chi connectivity index (χ1) is 11.0. The van der Waals surface area contributed by atoms with Gasteiger partial charge in [-0.15, -0.1) is 0 Å². The number of rotatable bonds is 11. The number of sulfone groups is 1. The summed E-state index contributed by atoms with van der Waals surface area (Å²) in [6.45, 7) is 4.21. The number of esters is 1. The minimum atomic E-state index is -3.29. The predicted octanol–water partition coefficient (Wildman–Crippen LogP) is 3.95. The van der Waals surface area contributed by atoms with Gasteiger partial charge in [-0.25, -0.2) is 13.2 Å². The van der Waals surface area contributed by atoms with Crippen LogP contribution in [0.1, 0.15) is 49.9 Å². The molecule has 0 radical (unpaired) electrons. The number of thioether (sulfide) groups is 1. The molecule has 0 fully saturated rings. The molecule has 0 aliphatic heterocycles. The fourth-order valence-electron chi connectivity index (χ4n) is 2.03. The molecule has 23 heavy (non-hydrogen) atoms. The number of ether oxygens (including phenoxy) is 1. The summed E-state index contributed by atoms with van der Waals surface area (Å²) in [5.41, 5.74) is 0.371. The summed E-state index contributed by atoms with van der Waals surface area (Å²) in [5.74, 6) is 1.31. The molecule has 0 saturated carbocycles. The van der Waals surface area contributed by atoms with Gasteiger partial charge in [0, 0.05) is 5.75 Å². The van der Waals surface area contributed by atoms with E-state index in [1.54, 1.807) is 18.7 Å². The second-order valence-corrected chi connectivity index (χ2v) is 8.57. The van der Waals surface area contributed by atoms with Gasteiger partial charge in [-0.05, 0) is 43.4 Å². The third-order valence-electron chi connectivity index (χ3n) is 3.36. The minimum absolute atomic E-state index is 0.129. The van der Waals surface area contributed by atoms with Crippen LogP contribution >= 0.6 is 11.8 Å². The highest BCUT2D eigenvalue weighted by molar-refractivity contribution is 8.00. The first-order valence-electron chi connectivity index (χ1n) is 8.09. The van der Waals surface area contributed by atoms with Gasteiger partial charge in [0.1, 0.15) is 0 Å². The number of hydrogen-bond donors (Lipinski definition) is 0. The maximum Gasteiger partial charge on any atom is 0.338 e. The third kappa shape index (κ3) is 7.40. The molecule has 0 aliphatic rings. The van der Waals surface area contributed by atoms with E-state index in [-0.39, 0.29) is 10.6 Å². The first kappa shape index (κ1) is 20.0. The SMILES string of the molecule is CCCCCCSCCS(=O)(=O)c1ccc(C(=O)OCC)cc1. The molecule has 0 atom stereocenters. The molecule has 0 saturated heterocycles. The first-order valence-corrected chi connectivity index (χ1v) is 10.9. The zero-order valence-electron chi connectivity index (χ0n) is 13.9. The average Bonchev–Trinajstić information content (AvgIpc) is 2.54. The van der Waals surface area contributed by atoms with Crippen molar-refractivity contribution in [2.75, 3.05) is 23.9 Å². The Kier molecular flexibility index (Phi) is 9.33. The Hall–Kier alpha value is -1.01. The molecule has 130 valence electrons. The average molecular weight is 359 g/mol. The van der Waals surface area contributed by atoms with Crippen molar-refractivity contribution >= 4 is 27.6 Å². The molecule has 4 nitrogen and oxygen atoms in total. The second-order valence-electron chi connectivity index (χ2n) is 5.24. The summed E-state index contributed by atoms with van der Waals surface area (Å²) in [6.07, 6.45) is 4.81. The van der Waals surface area contributed by atoms with E-state index >= 15 is 0 Å². The van der Waals surface area contributed by atoms with Crippen LogP contribution in [0.4, 0.5) is 0 Å². The zero-order chi connectivity index (χ0) is 17.1. The van der Waals surface area contributed by atoms with Crippen molar-refractivity contribution in [1.29, 1.82) is 0 Å². The highest BCUT2D eigenvalue weighted by atomic mass is 32.2. The molecule has 1 rings (SSSR count). The summed E-state index contributed by atoms with van der Waals surface area (Å²) in [6, 6.07) is 5.96. The van der Waals surface area contributed by atoms with Gasteiger partial charge in [0.15, 0.2) is 9.84 Å². The van der Waals surface area contributed by atoms with Gasteiger partial charge in [-0.1, -0.05) is 26.2 Å². The lowest BCUT2D eigenvalue weighted by Gasteiger charge is -2.06. The predicted molar refractivity (Wildman–Crippen MR) is 95.9 cm³/mol. The molecule has 0 amide bonds. The Balaban J connectivity index is 2.45. The summed E-state index contributed by atoms with van der Waals surface area (Å²) < 4.78 is 29.4. The molecule has 0 aliphatic carbocycles. The largest absolute Gasteiger partial charge is 0.462 e. The summed E-state index contributed by atoms with van der Waals surface area (Å²) in [4.78, 5) is 11.8. The molecular formula is C17H26O4S2. The van der Waals surface area contributed by atoms with Crippen LogP contribution in [0.5, 0.6) is 0 Å². The van der Waals surface area contributed by atoms with E-state index < -0.39 is 15.8 Å². The second kappa shape index (κ2) is 10.7. The lowest BCUT2D eigenvalue weighted by atomic mass is 10.2. The molecule has 0 unspecified atom stereocenters. The van der Waals surface area contributed by atoms with Crippen LogP contribution in [0, 0.1) is 0 Å². The fourth-order valence-corrected chi connectivity index (χ4v) is 4.78. The van der Waals surface area contributed by atoms with Crippen LogP contribution < -0.4 is 0 Å². The minimum Gasteiger partial charge on any atom is -0.462 e. The van der Waals surface area contributed by atoms with Crippen LogP contribution in [0.3, 0.4) is 0 Å². The van der Waals surface area contributed by atoms with E-state index in [2.05, 4.69) is 6.92 Å². The zero-order valence-corrected chi connectivity index (χ0v) is 15.5. The highest BCUT2D eigenvalue weighted by Crippen LogP contribution is 2.16. The van der Waals surface area contributed by atoms with Gasteiger partial charge < -0.3 is 4.74 Å². The smallest absolute Gasteiger partial charge is 0.338 e. The van der Waals surface area contributed by atoms with Crippen molar-refractivity contribution in [3.05, 3.63) is 29.8 Å². The molecule has 0 heterocycles. The fraction of sp³-hybridized carbons (Fsp3) is 0.588. The molecule has 0 aromatic heterocycles. The topological polar surface area (TPSA) is 60.4 Å². The molecule has 1 aromatic rings. The quantitative estimate of drug-likeness (QED) is 0.443. The van der Waals surface area contributed by atoms with Crippen molar-refractivity contribution in [2.24, 2.45) is 0 Å². The van der Waals surface area contributed by atoms with E-state index in [0.29, 0.717) is 17.9 Å². The van der Waals surface area contributed by atoms with Gasteiger partial charge in [-0.2, -0.15) is 11.8 Å². The van der Waals surface area contributed by atoms with Crippen molar-refractivity contribution in [3.8, 4) is 0 Å². The molecule has 0 N–H and O–H groups in total. The molecule has 0 bridgehead atoms. The lowest BCUT2D eigenvalue weighted by molar-refractivity contribution is 0.0526. The molecule has 6 heteroatoms. The Labute approximate surface area is 143 Å². The van der Waals surface area contributed by atoms with Crippen LogP contribution in [0.15, 0.2) is 29.2 Å². The Bertz CT molecular complexity index is 565. The Morgan fingerprint density at radius 2 is 1.74 bits per heavy atom. The van der Waals surface area contributed by atoms with Crippen LogP contribution in [0.25, 0.3) is 0 Å². The molecule has 1 aromatic carbocycles. The van der Waals surface area contributed by atoms with Crippen LogP contribution in [-0.4, -0.2) is 38.3 Å². The number of unbranched alkanes of at least 4 members (excludes halogenated alkanes) is 3. The third-order valence-corrected chi connectivity index (χ3v) is 6.42. The standard InChI is InChI=1S/C17H26O4S2/c1-3-5-6-7-12-22-13-14-23(19,20)16-10-8-15(9-11-16)17(18)21-4-2/h8-11H,3-7,12-14H2,1-2H3. The van der Waals surface area contributed by atoms with Gasteiger partial charge in [0.25, 0.3) is 0 Å². The number of hydrogen-bond acceptors (Lipinski definition) is 5. The van der Waals surface area contributed by atoms with E-state index in [1.807, 2.05) is 0 Å². The van der Waals surface area contributed by atoms with Crippen LogP contribution in [-0.2, 0) is 14.6 Å². The Morgan fingerprint density at radius 1 is 1.04 bits per heavy atom. The highest BCUT2D eigenvalue weighted by Gasteiger charge is 2.15. The maximum absolute atomic E-state index is 12.2.